The first-order valence-corrected chi connectivity index (χ1v) is 9.58. The molecule has 1 atom stereocenters. The number of nitro benzene ring substituents is 1. The molecule has 2 N–H and O–H groups in total. The molecule has 0 radical (unpaired) electrons. The van der Waals surface area contributed by atoms with Gasteiger partial charge in [0.15, 0.2) is 0 Å². The highest BCUT2D eigenvalue weighted by Crippen LogP contribution is 2.16. The van der Waals surface area contributed by atoms with Crippen molar-refractivity contribution in [2.75, 3.05) is 5.32 Å². The van der Waals surface area contributed by atoms with Gasteiger partial charge in [-0.15, -0.1) is 0 Å². The lowest BCUT2D eigenvalue weighted by atomic mass is 10.1. The van der Waals surface area contributed by atoms with Gasteiger partial charge in [-0.05, 0) is 23.3 Å². The smallest absolute Gasteiger partial charge is 0.408 e. The van der Waals surface area contributed by atoms with Gasteiger partial charge in [0.2, 0.25) is 5.91 Å². The molecule has 8 heteroatoms. The lowest BCUT2D eigenvalue weighted by Crippen LogP contribution is -2.45. The van der Waals surface area contributed by atoms with Crippen molar-refractivity contribution in [3.63, 3.8) is 0 Å². The minimum atomic E-state index is -0.902. The van der Waals surface area contributed by atoms with E-state index in [1.807, 2.05) is 60.7 Å². The summed E-state index contributed by atoms with van der Waals surface area (Å²) in [6.45, 7) is 0.0781. The molecule has 3 aromatic carbocycles. The van der Waals surface area contributed by atoms with Crippen LogP contribution >= 0.6 is 0 Å². The molecule has 0 aromatic heterocycles. The summed E-state index contributed by atoms with van der Waals surface area (Å²) in [6, 6.07) is 23.0. The average Bonchev–Trinajstić information content (AvgIpc) is 2.79. The number of nitrogens with one attached hydrogen (secondary N) is 2. The van der Waals surface area contributed by atoms with Gasteiger partial charge in [0.25, 0.3) is 5.69 Å². The number of rotatable bonds is 8. The van der Waals surface area contributed by atoms with Crippen LogP contribution in [0.4, 0.5) is 16.2 Å². The van der Waals surface area contributed by atoms with Crippen molar-refractivity contribution < 1.29 is 19.2 Å². The predicted molar refractivity (Wildman–Crippen MR) is 115 cm³/mol. The number of alkyl carbamates (subject to hydrolysis) is 1. The molecule has 0 aliphatic rings. The third-order valence-corrected chi connectivity index (χ3v) is 4.45. The quantitative estimate of drug-likeness (QED) is 0.422. The molecule has 8 nitrogen and oxygen atoms in total. The maximum absolute atomic E-state index is 12.8. The summed E-state index contributed by atoms with van der Waals surface area (Å²) in [5, 5.41) is 16.1. The molecule has 158 valence electrons. The second-order valence-corrected chi connectivity index (χ2v) is 6.74. The van der Waals surface area contributed by atoms with E-state index < -0.39 is 23.0 Å². The van der Waals surface area contributed by atoms with E-state index in [1.54, 1.807) is 0 Å². The average molecular weight is 419 g/mol. The lowest BCUT2D eigenvalue weighted by molar-refractivity contribution is -0.384. The zero-order chi connectivity index (χ0) is 22.1. The van der Waals surface area contributed by atoms with Gasteiger partial charge in [-0.3, -0.25) is 14.9 Å². The third-order valence-electron chi connectivity index (χ3n) is 4.45. The first-order valence-electron chi connectivity index (χ1n) is 9.58. The molecular weight excluding hydrogens is 398 g/mol. The van der Waals surface area contributed by atoms with Gasteiger partial charge in [-0.1, -0.05) is 60.7 Å². The number of benzene rings is 3. The molecule has 0 aliphatic heterocycles. The minimum Gasteiger partial charge on any atom is -0.445 e. The molecular formula is C23H21N3O5. The number of carbonyl (C=O) groups excluding carboxylic acids is 2. The summed E-state index contributed by atoms with van der Waals surface area (Å²) in [7, 11) is 0. The number of hydrogen-bond donors (Lipinski definition) is 2. The summed E-state index contributed by atoms with van der Waals surface area (Å²) >= 11 is 0. The summed E-state index contributed by atoms with van der Waals surface area (Å²) in [5.41, 5.74) is 1.98. The number of nitro groups is 1. The van der Waals surface area contributed by atoms with Crippen molar-refractivity contribution in [1.29, 1.82) is 0 Å². The number of hydrogen-bond acceptors (Lipinski definition) is 5. The molecule has 0 heterocycles. The number of carbonyl (C=O) groups is 2. The van der Waals surface area contributed by atoms with Crippen molar-refractivity contribution in [3.8, 4) is 0 Å². The molecule has 3 aromatic rings. The monoisotopic (exact) mass is 419 g/mol. The van der Waals surface area contributed by atoms with E-state index in [4.69, 9.17) is 4.74 Å². The Morgan fingerprint density at radius 1 is 0.871 bits per heavy atom. The van der Waals surface area contributed by atoms with Crippen molar-refractivity contribution in [3.05, 3.63) is 106 Å². The molecule has 0 saturated carbocycles. The van der Waals surface area contributed by atoms with Crippen LogP contribution in [-0.4, -0.2) is 23.0 Å². The third kappa shape index (κ3) is 6.67. The molecule has 31 heavy (non-hydrogen) atoms. The fourth-order valence-corrected chi connectivity index (χ4v) is 2.86. The van der Waals surface area contributed by atoms with Crippen molar-refractivity contribution in [2.45, 2.75) is 19.1 Å². The number of non-ortho nitro benzene ring substituents is 1. The topological polar surface area (TPSA) is 111 Å². The standard InChI is InChI=1S/C23H21N3O5/c27-22(24-19-11-13-20(14-12-19)26(29)30)21(15-17-7-3-1-4-8-17)25-23(28)31-16-18-9-5-2-6-10-18/h1-14,21H,15-16H2,(H,24,27)(H,25,28)/t21-/m1/s1. The second kappa shape index (κ2) is 10.5. The van der Waals surface area contributed by atoms with E-state index in [-0.39, 0.29) is 18.7 Å². The molecule has 0 fully saturated rings. The Balaban J connectivity index is 1.66. The predicted octanol–water partition coefficient (Wildman–Crippen LogP) is 4.07. The molecule has 0 aliphatic carbocycles. The molecule has 0 unspecified atom stereocenters. The van der Waals surface area contributed by atoms with E-state index in [9.17, 15) is 19.7 Å². The summed E-state index contributed by atoms with van der Waals surface area (Å²) in [5.74, 6) is -0.464. The van der Waals surface area contributed by atoms with Gasteiger partial charge < -0.3 is 15.4 Å². The largest absolute Gasteiger partial charge is 0.445 e. The molecule has 0 saturated heterocycles. The van der Waals surface area contributed by atoms with Crippen LogP contribution in [0.2, 0.25) is 0 Å². The van der Waals surface area contributed by atoms with Crippen LogP contribution in [0.5, 0.6) is 0 Å². The Kier molecular flexibility index (Phi) is 7.31. The van der Waals surface area contributed by atoms with Crippen molar-refractivity contribution >= 4 is 23.4 Å². The van der Waals surface area contributed by atoms with Gasteiger partial charge in [-0.2, -0.15) is 0 Å². The number of nitrogens with zero attached hydrogens (tertiary/aromatic N) is 1. The van der Waals surface area contributed by atoms with Gasteiger partial charge in [0, 0.05) is 24.2 Å². The highest BCUT2D eigenvalue weighted by molar-refractivity contribution is 5.96. The van der Waals surface area contributed by atoms with Crippen LogP contribution in [-0.2, 0) is 22.6 Å². The molecule has 0 spiro atoms. The number of amides is 2. The van der Waals surface area contributed by atoms with Crippen molar-refractivity contribution in [2.24, 2.45) is 0 Å². The molecule has 0 bridgehead atoms. The van der Waals surface area contributed by atoms with E-state index in [1.165, 1.54) is 24.3 Å². The number of ether oxygens (including phenoxy) is 1. The van der Waals surface area contributed by atoms with Crippen LogP contribution in [0.15, 0.2) is 84.9 Å². The van der Waals surface area contributed by atoms with Crippen molar-refractivity contribution in [1.82, 2.24) is 5.32 Å². The summed E-state index contributed by atoms with van der Waals surface area (Å²) in [4.78, 5) is 35.4. The second-order valence-electron chi connectivity index (χ2n) is 6.74. The zero-order valence-electron chi connectivity index (χ0n) is 16.6. The highest BCUT2D eigenvalue weighted by Gasteiger charge is 2.22. The summed E-state index contributed by atoms with van der Waals surface area (Å²) in [6.07, 6.45) is -0.469. The van der Waals surface area contributed by atoms with Gasteiger partial charge in [-0.25, -0.2) is 4.79 Å². The van der Waals surface area contributed by atoms with Crippen LogP contribution in [0, 0.1) is 10.1 Å². The normalized spacial score (nSPS) is 11.2. The summed E-state index contributed by atoms with van der Waals surface area (Å²) < 4.78 is 5.23. The van der Waals surface area contributed by atoms with Crippen LogP contribution in [0.3, 0.4) is 0 Å². The van der Waals surface area contributed by atoms with E-state index >= 15 is 0 Å². The number of anilines is 1. The molecule has 2 amide bonds. The first-order chi connectivity index (χ1) is 15.0. The van der Waals surface area contributed by atoms with Crippen LogP contribution in [0.25, 0.3) is 0 Å². The Bertz CT molecular complexity index is 1020. The fraction of sp³-hybridized carbons (Fsp3) is 0.130. The van der Waals surface area contributed by atoms with E-state index in [0.29, 0.717) is 5.69 Å². The van der Waals surface area contributed by atoms with E-state index in [2.05, 4.69) is 10.6 Å². The van der Waals surface area contributed by atoms with Gasteiger partial charge in [0.05, 0.1) is 4.92 Å². The minimum absolute atomic E-state index is 0.0781. The van der Waals surface area contributed by atoms with Crippen LogP contribution in [0.1, 0.15) is 11.1 Å². The Morgan fingerprint density at radius 3 is 2.03 bits per heavy atom. The Morgan fingerprint density at radius 2 is 1.45 bits per heavy atom. The Labute approximate surface area is 179 Å². The first kappa shape index (κ1) is 21.5. The molecule has 3 rings (SSSR count). The van der Waals surface area contributed by atoms with Gasteiger partial charge in [0.1, 0.15) is 12.6 Å². The fourth-order valence-electron chi connectivity index (χ4n) is 2.86. The van der Waals surface area contributed by atoms with Crippen LogP contribution < -0.4 is 10.6 Å². The Hall–Kier alpha value is -4.20. The zero-order valence-corrected chi connectivity index (χ0v) is 16.6. The maximum atomic E-state index is 12.8. The van der Waals surface area contributed by atoms with Gasteiger partial charge >= 0.3 is 6.09 Å². The maximum Gasteiger partial charge on any atom is 0.408 e. The highest BCUT2D eigenvalue weighted by atomic mass is 16.6. The SMILES string of the molecule is O=C(N[C@H](Cc1ccccc1)C(=O)Nc1ccc([N+](=O)[O-])cc1)OCc1ccccc1. The lowest BCUT2D eigenvalue weighted by Gasteiger charge is -2.18. The van der Waals surface area contributed by atoms with E-state index in [0.717, 1.165) is 11.1 Å².